The molecule has 184 valence electrons. The molecule has 2 rings (SSSR count). The molecule has 0 saturated heterocycles. The van der Waals surface area contributed by atoms with E-state index in [0.29, 0.717) is 0 Å². The second kappa shape index (κ2) is 16.8. The smallest absolute Gasteiger partial charge is 0.119 e. The minimum Gasteiger partial charge on any atom is -0.491 e. The van der Waals surface area contributed by atoms with Crippen LogP contribution in [0.2, 0.25) is 0 Å². The maximum atomic E-state index is 6.11. The summed E-state index contributed by atoms with van der Waals surface area (Å²) >= 11 is 0. The van der Waals surface area contributed by atoms with Crippen molar-refractivity contribution in [2.24, 2.45) is 5.92 Å². The van der Waals surface area contributed by atoms with Crippen LogP contribution in [0.1, 0.15) is 117 Å². The molecule has 2 aromatic rings. The van der Waals surface area contributed by atoms with Gasteiger partial charge in [-0.15, -0.1) is 0 Å². The van der Waals surface area contributed by atoms with Crippen molar-refractivity contribution in [3.05, 3.63) is 54.1 Å². The van der Waals surface area contributed by atoms with Crippen LogP contribution in [0.3, 0.4) is 0 Å². The molecule has 0 amide bonds. The average Bonchev–Trinajstić information content (AvgIpc) is 2.84. The Labute approximate surface area is 205 Å². The van der Waals surface area contributed by atoms with Gasteiger partial charge in [-0.25, -0.2) is 0 Å². The van der Waals surface area contributed by atoms with Crippen LogP contribution in [0.4, 0.5) is 0 Å². The molecule has 0 saturated carbocycles. The Kier molecular flexibility index (Phi) is 14.0. The molecular weight excluding hydrogens is 400 g/mol. The Morgan fingerprint density at radius 3 is 1.79 bits per heavy atom. The highest BCUT2D eigenvalue weighted by atomic mass is 16.5. The number of unbranched alkanes of at least 4 members (excludes halogenated alkanes) is 8. The molecule has 1 heteroatoms. The highest BCUT2D eigenvalue weighted by molar-refractivity contribution is 5.64. The molecule has 1 nitrogen and oxygen atoms in total. The number of aryl methyl sites for hydroxylation is 1. The molecule has 0 aliphatic rings. The lowest BCUT2D eigenvalue weighted by atomic mass is 9.99. The van der Waals surface area contributed by atoms with Crippen LogP contribution in [0, 0.1) is 5.92 Å². The molecule has 2 unspecified atom stereocenters. The highest BCUT2D eigenvalue weighted by Crippen LogP contribution is 2.24. The predicted molar refractivity (Wildman–Crippen MR) is 146 cm³/mol. The van der Waals surface area contributed by atoms with E-state index in [2.05, 4.69) is 76.2 Å². The summed E-state index contributed by atoms with van der Waals surface area (Å²) in [7, 11) is 0. The Morgan fingerprint density at radius 2 is 1.15 bits per heavy atom. The normalized spacial score (nSPS) is 13.1. The summed E-state index contributed by atoms with van der Waals surface area (Å²) in [6.45, 7) is 9.13. The van der Waals surface area contributed by atoms with Crippen LogP contribution in [0.25, 0.3) is 11.1 Å². The Balaban J connectivity index is 1.65. The van der Waals surface area contributed by atoms with Gasteiger partial charge in [0.1, 0.15) is 5.75 Å². The summed E-state index contributed by atoms with van der Waals surface area (Å²) in [5.41, 5.74) is 4.02. The zero-order valence-corrected chi connectivity index (χ0v) is 22.1. The molecule has 0 spiro atoms. The molecule has 2 atom stereocenters. The van der Waals surface area contributed by atoms with Crippen LogP contribution in [-0.2, 0) is 6.42 Å². The maximum Gasteiger partial charge on any atom is 0.119 e. The second-order valence-corrected chi connectivity index (χ2v) is 10.2. The standard InChI is InChI=1S/C32H50O/c1-5-7-8-14-17-28(4)33-32-25-23-31(24-26-32)30-21-19-29(20-22-30)18-15-12-10-9-11-13-16-27(3)6-2/h19-28H,5-18H2,1-4H3. The van der Waals surface area contributed by atoms with Gasteiger partial charge in [-0.1, -0.05) is 121 Å². The first-order valence-electron chi connectivity index (χ1n) is 14.0. The first-order valence-corrected chi connectivity index (χ1v) is 14.0. The molecular formula is C32H50O. The van der Waals surface area contributed by atoms with E-state index < -0.39 is 0 Å². The van der Waals surface area contributed by atoms with Gasteiger partial charge in [0.05, 0.1) is 6.10 Å². The van der Waals surface area contributed by atoms with Crippen molar-refractivity contribution in [1.82, 2.24) is 0 Å². The molecule has 0 aliphatic heterocycles. The summed E-state index contributed by atoms with van der Waals surface area (Å²) in [6.07, 6.45) is 18.9. The molecule has 0 fully saturated rings. The van der Waals surface area contributed by atoms with Gasteiger partial charge < -0.3 is 4.74 Å². The topological polar surface area (TPSA) is 9.23 Å². The van der Waals surface area contributed by atoms with Crippen LogP contribution in [0.5, 0.6) is 5.75 Å². The predicted octanol–water partition coefficient (Wildman–Crippen LogP) is 10.4. The minimum atomic E-state index is 0.289. The number of hydrogen-bond donors (Lipinski definition) is 0. The van der Waals surface area contributed by atoms with Gasteiger partial charge in [0.15, 0.2) is 0 Å². The van der Waals surface area contributed by atoms with Gasteiger partial charge >= 0.3 is 0 Å². The zero-order chi connectivity index (χ0) is 23.7. The Bertz CT molecular complexity index is 715. The first kappa shape index (κ1) is 27.5. The third-order valence-corrected chi connectivity index (χ3v) is 7.05. The number of rotatable bonds is 18. The number of ether oxygens (including phenoxy) is 1. The van der Waals surface area contributed by atoms with Crippen molar-refractivity contribution in [3.63, 3.8) is 0 Å². The van der Waals surface area contributed by atoms with Gasteiger partial charge in [-0.2, -0.15) is 0 Å². The molecule has 33 heavy (non-hydrogen) atoms. The average molecular weight is 451 g/mol. The Hall–Kier alpha value is -1.76. The lowest BCUT2D eigenvalue weighted by molar-refractivity contribution is 0.206. The number of hydrogen-bond acceptors (Lipinski definition) is 1. The van der Waals surface area contributed by atoms with Crippen molar-refractivity contribution in [3.8, 4) is 16.9 Å². The van der Waals surface area contributed by atoms with Gasteiger partial charge in [0.25, 0.3) is 0 Å². The van der Waals surface area contributed by atoms with E-state index in [-0.39, 0.29) is 6.10 Å². The lowest BCUT2D eigenvalue weighted by Crippen LogP contribution is -2.11. The zero-order valence-electron chi connectivity index (χ0n) is 22.1. The monoisotopic (exact) mass is 450 g/mol. The van der Waals surface area contributed by atoms with Crippen molar-refractivity contribution in [2.75, 3.05) is 0 Å². The fourth-order valence-electron chi connectivity index (χ4n) is 4.47. The fraction of sp³-hybridized carbons (Fsp3) is 0.625. The third kappa shape index (κ3) is 11.8. The quantitative estimate of drug-likeness (QED) is 0.205. The van der Waals surface area contributed by atoms with E-state index >= 15 is 0 Å². The van der Waals surface area contributed by atoms with Gasteiger partial charge in [0, 0.05) is 0 Å². The summed E-state index contributed by atoms with van der Waals surface area (Å²) in [5, 5.41) is 0. The van der Waals surface area contributed by atoms with Crippen LogP contribution >= 0.6 is 0 Å². The molecule has 0 N–H and O–H groups in total. The fourth-order valence-corrected chi connectivity index (χ4v) is 4.47. The van der Waals surface area contributed by atoms with Crippen LogP contribution in [0.15, 0.2) is 48.5 Å². The van der Waals surface area contributed by atoms with Gasteiger partial charge in [-0.05, 0) is 67.3 Å². The van der Waals surface area contributed by atoms with Gasteiger partial charge in [-0.3, -0.25) is 0 Å². The van der Waals surface area contributed by atoms with Crippen LogP contribution in [-0.4, -0.2) is 6.10 Å². The van der Waals surface area contributed by atoms with E-state index in [9.17, 15) is 0 Å². The van der Waals surface area contributed by atoms with E-state index in [1.807, 2.05) is 0 Å². The largest absolute Gasteiger partial charge is 0.491 e. The number of benzene rings is 2. The SMILES string of the molecule is CCCCCCC(C)Oc1ccc(-c2ccc(CCCCCCCCC(C)CC)cc2)cc1. The lowest BCUT2D eigenvalue weighted by Gasteiger charge is -2.15. The van der Waals surface area contributed by atoms with E-state index in [4.69, 9.17) is 4.74 Å². The van der Waals surface area contributed by atoms with Crippen molar-refractivity contribution in [2.45, 2.75) is 124 Å². The molecule has 0 aromatic heterocycles. The third-order valence-electron chi connectivity index (χ3n) is 7.05. The summed E-state index contributed by atoms with van der Waals surface area (Å²) in [4.78, 5) is 0. The highest BCUT2D eigenvalue weighted by Gasteiger charge is 2.05. The minimum absolute atomic E-state index is 0.289. The Morgan fingerprint density at radius 1 is 0.606 bits per heavy atom. The molecule has 0 bridgehead atoms. The van der Waals surface area contributed by atoms with Crippen LogP contribution < -0.4 is 4.74 Å². The molecule has 0 aliphatic carbocycles. The van der Waals surface area contributed by atoms with Gasteiger partial charge in [0.2, 0.25) is 0 Å². The van der Waals surface area contributed by atoms with E-state index in [1.165, 1.54) is 100 Å². The second-order valence-electron chi connectivity index (χ2n) is 10.2. The molecule has 0 heterocycles. The maximum absolute atomic E-state index is 6.11. The van der Waals surface area contributed by atoms with Crippen molar-refractivity contribution < 1.29 is 4.74 Å². The van der Waals surface area contributed by atoms with E-state index in [1.54, 1.807) is 0 Å². The van der Waals surface area contributed by atoms with Crippen molar-refractivity contribution in [1.29, 1.82) is 0 Å². The van der Waals surface area contributed by atoms with E-state index in [0.717, 1.165) is 18.1 Å². The summed E-state index contributed by atoms with van der Waals surface area (Å²) in [5.74, 6) is 1.89. The molecule has 0 radical (unpaired) electrons. The first-order chi connectivity index (χ1) is 16.1. The summed E-state index contributed by atoms with van der Waals surface area (Å²) in [6, 6.07) is 17.8. The molecule has 2 aromatic carbocycles. The van der Waals surface area contributed by atoms with Crippen molar-refractivity contribution >= 4 is 0 Å². The summed E-state index contributed by atoms with van der Waals surface area (Å²) < 4.78 is 6.11.